The van der Waals surface area contributed by atoms with E-state index in [1.807, 2.05) is 0 Å². The average Bonchev–Trinajstić information content (AvgIpc) is 2.65. The zero-order chi connectivity index (χ0) is 14.4. The van der Waals surface area contributed by atoms with Crippen molar-refractivity contribution in [1.29, 1.82) is 0 Å². The summed E-state index contributed by atoms with van der Waals surface area (Å²) in [6.45, 7) is 0. The monoisotopic (exact) mass is 279 g/mol. The van der Waals surface area contributed by atoms with Crippen LogP contribution in [0.15, 0.2) is 30.5 Å². The molecule has 0 radical (unpaired) electrons. The van der Waals surface area contributed by atoms with Crippen LogP contribution in [0.25, 0.3) is 10.9 Å². The number of fused-ring (bicyclic) bond motifs is 1. The Hall–Kier alpha value is -1.63. The van der Waals surface area contributed by atoms with E-state index in [2.05, 4.69) is 0 Å². The molecule has 1 N–H and O–H groups in total. The number of nitrogens with zero attached hydrogens (tertiary/aromatic N) is 1. The van der Waals surface area contributed by atoms with Gasteiger partial charge >= 0.3 is 6.18 Å². The maximum atomic E-state index is 12.8. The van der Waals surface area contributed by atoms with E-state index in [1.165, 1.54) is 29.8 Å². The minimum absolute atomic E-state index is 0.0508. The fourth-order valence-electron chi connectivity index (χ4n) is 2.04. The Bertz CT molecular complexity index is 604. The summed E-state index contributed by atoms with van der Waals surface area (Å²) in [7, 11) is 1.42. The molecule has 0 spiro atoms. The Kier molecular flexibility index (Phi) is 3.04. The third-order valence-corrected chi connectivity index (χ3v) is 3.06. The molecule has 2 nitrogen and oxygen atoms in total. The fourth-order valence-corrected chi connectivity index (χ4v) is 2.04. The SMILES string of the molecule is Cn1cc(C(O)(C(F)F)C(F)(F)F)c2ccccc21. The Balaban J connectivity index is 2.78. The summed E-state index contributed by atoms with van der Waals surface area (Å²) in [5, 5.41) is 9.47. The smallest absolute Gasteiger partial charge is 0.372 e. The molecule has 19 heavy (non-hydrogen) atoms. The van der Waals surface area contributed by atoms with Crippen molar-refractivity contribution in [3.05, 3.63) is 36.0 Å². The van der Waals surface area contributed by atoms with Gasteiger partial charge in [0.2, 0.25) is 5.60 Å². The van der Waals surface area contributed by atoms with Crippen LogP contribution in [0.1, 0.15) is 5.56 Å². The molecule has 0 saturated heterocycles. The minimum Gasteiger partial charge on any atom is -0.372 e. The van der Waals surface area contributed by atoms with Gasteiger partial charge in [-0.3, -0.25) is 0 Å². The number of halogens is 5. The minimum atomic E-state index is -5.47. The van der Waals surface area contributed by atoms with Crippen LogP contribution in [0.3, 0.4) is 0 Å². The standard InChI is InChI=1S/C12H10F5NO/c1-18-6-8(7-4-2-3-5-9(7)18)11(19,10(13)14)12(15,16)17/h2-6,10,19H,1H3. The first-order chi connectivity index (χ1) is 8.69. The molecule has 7 heteroatoms. The second-order valence-electron chi connectivity index (χ2n) is 4.24. The van der Waals surface area contributed by atoms with Crippen LogP contribution in [0.4, 0.5) is 22.0 Å². The lowest BCUT2D eigenvalue weighted by atomic mass is 9.93. The van der Waals surface area contributed by atoms with Crippen LogP contribution in [0, 0.1) is 0 Å². The van der Waals surface area contributed by atoms with Gasteiger partial charge in [-0.15, -0.1) is 0 Å². The predicted octanol–water partition coefficient (Wildman–Crippen LogP) is 3.19. The lowest BCUT2D eigenvalue weighted by molar-refractivity contribution is -0.305. The van der Waals surface area contributed by atoms with Gasteiger partial charge in [-0.1, -0.05) is 18.2 Å². The maximum absolute atomic E-state index is 12.8. The largest absolute Gasteiger partial charge is 0.427 e. The zero-order valence-corrected chi connectivity index (χ0v) is 9.75. The lowest BCUT2D eigenvalue weighted by Gasteiger charge is -2.29. The van der Waals surface area contributed by atoms with E-state index in [0.717, 1.165) is 6.20 Å². The van der Waals surface area contributed by atoms with Gasteiger partial charge in [-0.25, -0.2) is 8.78 Å². The molecule has 0 aliphatic carbocycles. The van der Waals surface area contributed by atoms with Crippen LogP contribution in [-0.2, 0) is 12.6 Å². The summed E-state index contributed by atoms with van der Waals surface area (Å²) in [6, 6.07) is 5.75. The number of rotatable bonds is 2. The summed E-state index contributed by atoms with van der Waals surface area (Å²) in [5.41, 5.74) is -4.68. The molecular formula is C12H10F5NO. The van der Waals surface area contributed by atoms with Crippen molar-refractivity contribution < 1.29 is 27.1 Å². The molecule has 1 aromatic carbocycles. The fraction of sp³-hybridized carbons (Fsp3) is 0.333. The van der Waals surface area contributed by atoms with Gasteiger partial charge in [0.15, 0.2) is 0 Å². The van der Waals surface area contributed by atoms with Crippen LogP contribution in [0.5, 0.6) is 0 Å². The predicted molar refractivity (Wildman–Crippen MR) is 58.9 cm³/mol. The van der Waals surface area contributed by atoms with Crippen molar-refractivity contribution in [1.82, 2.24) is 4.57 Å². The lowest BCUT2D eigenvalue weighted by Crippen LogP contribution is -2.48. The highest BCUT2D eigenvalue weighted by Crippen LogP contribution is 2.46. The molecule has 0 amide bonds. The number of para-hydroxylation sites is 1. The van der Waals surface area contributed by atoms with Gasteiger partial charge in [0, 0.05) is 29.7 Å². The van der Waals surface area contributed by atoms with Gasteiger partial charge in [0.25, 0.3) is 6.43 Å². The molecule has 0 saturated carbocycles. The molecule has 1 atom stereocenters. The molecule has 2 rings (SSSR count). The quantitative estimate of drug-likeness (QED) is 0.839. The Labute approximate surface area is 105 Å². The van der Waals surface area contributed by atoms with E-state index in [-0.39, 0.29) is 5.39 Å². The van der Waals surface area contributed by atoms with Gasteiger partial charge in [-0.05, 0) is 6.07 Å². The number of hydrogen-bond donors (Lipinski definition) is 1. The van der Waals surface area contributed by atoms with Gasteiger partial charge in [0.1, 0.15) is 0 Å². The van der Waals surface area contributed by atoms with Crippen molar-refractivity contribution in [2.24, 2.45) is 7.05 Å². The Morgan fingerprint density at radius 1 is 1.16 bits per heavy atom. The first kappa shape index (κ1) is 13.8. The maximum Gasteiger partial charge on any atom is 0.427 e. The van der Waals surface area contributed by atoms with E-state index in [9.17, 15) is 27.1 Å². The molecule has 1 unspecified atom stereocenters. The first-order valence-electron chi connectivity index (χ1n) is 5.31. The van der Waals surface area contributed by atoms with Gasteiger partial charge < -0.3 is 9.67 Å². The molecule has 1 heterocycles. The topological polar surface area (TPSA) is 25.2 Å². The van der Waals surface area contributed by atoms with E-state index < -0.39 is 23.8 Å². The number of aryl methyl sites for hydroxylation is 1. The second-order valence-corrected chi connectivity index (χ2v) is 4.24. The third-order valence-electron chi connectivity index (χ3n) is 3.06. The molecule has 2 aromatic rings. The first-order valence-corrected chi connectivity index (χ1v) is 5.31. The summed E-state index contributed by atoms with van der Waals surface area (Å²) in [6.07, 6.45) is -8.56. The van der Waals surface area contributed by atoms with Crippen molar-refractivity contribution in [2.45, 2.75) is 18.2 Å². The van der Waals surface area contributed by atoms with Gasteiger partial charge in [0.05, 0.1) is 0 Å². The molecule has 0 aliphatic rings. The molecule has 104 valence electrons. The van der Waals surface area contributed by atoms with Crippen molar-refractivity contribution >= 4 is 10.9 Å². The average molecular weight is 279 g/mol. The highest BCUT2D eigenvalue weighted by molar-refractivity contribution is 5.85. The highest BCUT2D eigenvalue weighted by Gasteiger charge is 2.62. The summed E-state index contributed by atoms with van der Waals surface area (Å²) < 4.78 is 65.4. The molecular weight excluding hydrogens is 269 g/mol. The van der Waals surface area contributed by atoms with Crippen LogP contribution >= 0.6 is 0 Å². The van der Waals surface area contributed by atoms with Gasteiger partial charge in [-0.2, -0.15) is 13.2 Å². The molecule has 0 fully saturated rings. The summed E-state index contributed by atoms with van der Waals surface area (Å²) >= 11 is 0. The van der Waals surface area contributed by atoms with Crippen LogP contribution in [0.2, 0.25) is 0 Å². The number of alkyl halides is 5. The number of aliphatic hydroxyl groups is 1. The third kappa shape index (κ3) is 1.88. The second kappa shape index (κ2) is 4.19. The molecule has 1 aromatic heterocycles. The van der Waals surface area contributed by atoms with E-state index in [0.29, 0.717) is 5.52 Å². The van der Waals surface area contributed by atoms with Crippen molar-refractivity contribution in [2.75, 3.05) is 0 Å². The Morgan fingerprint density at radius 3 is 2.26 bits per heavy atom. The van der Waals surface area contributed by atoms with Crippen molar-refractivity contribution in [3.8, 4) is 0 Å². The molecule has 0 bridgehead atoms. The van der Waals surface area contributed by atoms with E-state index in [1.54, 1.807) is 6.07 Å². The van der Waals surface area contributed by atoms with Crippen molar-refractivity contribution in [3.63, 3.8) is 0 Å². The number of hydrogen-bond acceptors (Lipinski definition) is 1. The van der Waals surface area contributed by atoms with E-state index in [4.69, 9.17) is 0 Å². The van der Waals surface area contributed by atoms with E-state index >= 15 is 0 Å². The summed E-state index contributed by atoms with van der Waals surface area (Å²) in [4.78, 5) is 0. The summed E-state index contributed by atoms with van der Waals surface area (Å²) in [5.74, 6) is 0. The molecule has 0 aliphatic heterocycles. The highest BCUT2D eigenvalue weighted by atomic mass is 19.4. The van der Waals surface area contributed by atoms with Crippen LogP contribution < -0.4 is 0 Å². The van der Waals surface area contributed by atoms with Crippen LogP contribution in [-0.4, -0.2) is 22.3 Å². The Morgan fingerprint density at radius 2 is 1.74 bits per heavy atom. The number of aromatic nitrogens is 1. The number of benzene rings is 1. The normalized spacial score (nSPS) is 16.0. The zero-order valence-electron chi connectivity index (χ0n) is 9.75.